The molecule has 132 valence electrons. The summed E-state index contributed by atoms with van der Waals surface area (Å²) in [5, 5.41) is 9.30. The van der Waals surface area contributed by atoms with E-state index in [0.717, 1.165) is 21.0 Å². The van der Waals surface area contributed by atoms with Crippen LogP contribution in [0.3, 0.4) is 0 Å². The first-order valence-electron chi connectivity index (χ1n) is 7.97. The Morgan fingerprint density at radius 2 is 2.00 bits per heavy atom. The van der Waals surface area contributed by atoms with Crippen molar-refractivity contribution in [3.05, 3.63) is 41.4 Å². The number of halogens is 1. The molecule has 1 aliphatic rings. The van der Waals surface area contributed by atoms with Gasteiger partial charge in [-0.25, -0.2) is 0 Å². The van der Waals surface area contributed by atoms with Crippen molar-refractivity contribution in [2.45, 2.75) is 11.7 Å². The number of thioether (sulfide) groups is 1. The van der Waals surface area contributed by atoms with Gasteiger partial charge in [0.1, 0.15) is 0 Å². The van der Waals surface area contributed by atoms with Crippen LogP contribution in [0.5, 0.6) is 0 Å². The highest BCUT2D eigenvalue weighted by molar-refractivity contribution is 9.10. The van der Waals surface area contributed by atoms with Crippen molar-refractivity contribution in [2.24, 2.45) is 0 Å². The van der Waals surface area contributed by atoms with Crippen molar-refractivity contribution in [3.8, 4) is 11.4 Å². The van der Waals surface area contributed by atoms with Gasteiger partial charge in [-0.15, -0.1) is 16.8 Å². The third-order valence-electron chi connectivity index (χ3n) is 3.82. The minimum absolute atomic E-state index is 0.103. The predicted molar refractivity (Wildman–Crippen MR) is 101 cm³/mol. The molecule has 2 aromatic rings. The van der Waals surface area contributed by atoms with Gasteiger partial charge in [-0.1, -0.05) is 45.9 Å². The lowest BCUT2D eigenvalue weighted by molar-refractivity contribution is -0.132. The number of benzene rings is 1. The Kier molecular flexibility index (Phi) is 6.28. The number of nitrogens with zero attached hydrogens (tertiary/aromatic N) is 4. The maximum Gasteiger partial charge on any atom is 0.233 e. The molecule has 1 aliphatic heterocycles. The van der Waals surface area contributed by atoms with E-state index in [0.29, 0.717) is 38.6 Å². The van der Waals surface area contributed by atoms with Crippen LogP contribution in [0.25, 0.3) is 11.4 Å². The highest BCUT2D eigenvalue weighted by Crippen LogP contribution is 2.25. The maximum absolute atomic E-state index is 12.3. The lowest BCUT2D eigenvalue weighted by Crippen LogP contribution is -2.41. The molecule has 1 saturated heterocycles. The first kappa shape index (κ1) is 18.2. The summed E-state index contributed by atoms with van der Waals surface area (Å²) in [7, 11) is 0. The molecule has 1 aromatic heterocycles. The van der Waals surface area contributed by atoms with Crippen LogP contribution in [0, 0.1) is 0 Å². The van der Waals surface area contributed by atoms with Crippen LogP contribution in [0.4, 0.5) is 0 Å². The topological polar surface area (TPSA) is 60.2 Å². The molecule has 0 spiro atoms. The smallest absolute Gasteiger partial charge is 0.233 e. The molecule has 0 N–H and O–H groups in total. The van der Waals surface area contributed by atoms with Gasteiger partial charge in [-0.2, -0.15) is 0 Å². The summed E-state index contributed by atoms with van der Waals surface area (Å²) in [6.07, 6.45) is 1.81. The maximum atomic E-state index is 12.3. The normalized spacial score (nSPS) is 14.5. The Balaban J connectivity index is 1.73. The standard InChI is InChI=1S/C17H19BrN4O2S/c1-2-7-22-16(13-3-5-14(18)6-4-13)19-20-17(22)25-12-15(23)21-8-10-24-11-9-21/h2-6H,1,7-12H2. The van der Waals surface area contributed by atoms with E-state index in [9.17, 15) is 4.79 Å². The van der Waals surface area contributed by atoms with Crippen LogP contribution in [0.2, 0.25) is 0 Å². The quantitative estimate of drug-likeness (QED) is 0.528. The predicted octanol–water partition coefficient (Wildman–Crippen LogP) is 2.84. The monoisotopic (exact) mass is 422 g/mol. The molecule has 0 atom stereocenters. The van der Waals surface area contributed by atoms with E-state index in [1.807, 2.05) is 33.7 Å². The van der Waals surface area contributed by atoms with Crippen LogP contribution in [-0.4, -0.2) is 57.6 Å². The van der Waals surface area contributed by atoms with Gasteiger partial charge in [0.2, 0.25) is 5.91 Å². The van der Waals surface area contributed by atoms with Crippen molar-refractivity contribution in [3.63, 3.8) is 0 Å². The number of amides is 1. The van der Waals surface area contributed by atoms with Gasteiger partial charge >= 0.3 is 0 Å². The number of morpholine rings is 1. The second-order valence-corrected chi connectivity index (χ2v) is 7.35. The molecule has 6 nitrogen and oxygen atoms in total. The fourth-order valence-electron chi connectivity index (χ4n) is 2.53. The van der Waals surface area contributed by atoms with Crippen molar-refractivity contribution in [1.29, 1.82) is 0 Å². The van der Waals surface area contributed by atoms with Crippen LogP contribution in [-0.2, 0) is 16.1 Å². The van der Waals surface area contributed by atoms with Gasteiger partial charge < -0.3 is 9.64 Å². The SMILES string of the molecule is C=CCn1c(SCC(=O)N2CCOCC2)nnc1-c1ccc(Br)cc1. The Morgan fingerprint density at radius 3 is 2.68 bits per heavy atom. The molecule has 0 radical (unpaired) electrons. The van der Waals surface area contributed by atoms with Gasteiger partial charge in [-0.05, 0) is 12.1 Å². The zero-order valence-corrected chi connectivity index (χ0v) is 16.1. The van der Waals surface area contributed by atoms with Crippen LogP contribution in [0.15, 0.2) is 46.5 Å². The fraction of sp³-hybridized carbons (Fsp3) is 0.353. The molecule has 1 amide bonds. The first-order chi connectivity index (χ1) is 12.2. The molecule has 0 saturated carbocycles. The van der Waals surface area contributed by atoms with Gasteiger partial charge in [0.25, 0.3) is 0 Å². The summed E-state index contributed by atoms with van der Waals surface area (Å²) in [4.78, 5) is 14.2. The van der Waals surface area contributed by atoms with E-state index >= 15 is 0 Å². The molecule has 0 bridgehead atoms. The molecular formula is C17H19BrN4O2S. The largest absolute Gasteiger partial charge is 0.378 e. The van der Waals surface area contributed by atoms with Crippen molar-refractivity contribution in [2.75, 3.05) is 32.1 Å². The molecule has 1 aromatic carbocycles. The third-order valence-corrected chi connectivity index (χ3v) is 5.30. The van der Waals surface area contributed by atoms with Gasteiger partial charge in [0.05, 0.1) is 19.0 Å². The van der Waals surface area contributed by atoms with Crippen molar-refractivity contribution < 1.29 is 9.53 Å². The lowest BCUT2D eigenvalue weighted by atomic mass is 10.2. The molecule has 1 fully saturated rings. The number of carbonyl (C=O) groups is 1. The highest BCUT2D eigenvalue weighted by atomic mass is 79.9. The second-order valence-electron chi connectivity index (χ2n) is 5.49. The molecule has 0 aliphatic carbocycles. The Labute approximate surface area is 159 Å². The average Bonchev–Trinajstić information content (AvgIpc) is 3.04. The summed E-state index contributed by atoms with van der Waals surface area (Å²) >= 11 is 4.84. The number of ether oxygens (including phenoxy) is 1. The molecule has 8 heteroatoms. The molecule has 0 unspecified atom stereocenters. The Hall–Kier alpha value is -1.64. The first-order valence-corrected chi connectivity index (χ1v) is 9.75. The average molecular weight is 423 g/mol. The van der Waals surface area contributed by atoms with Crippen molar-refractivity contribution >= 4 is 33.6 Å². The third kappa shape index (κ3) is 4.50. The second kappa shape index (κ2) is 8.64. The number of allylic oxidation sites excluding steroid dienone is 1. The number of carbonyl (C=O) groups excluding carboxylic acids is 1. The van der Waals surface area contributed by atoms with Gasteiger partial charge in [-0.3, -0.25) is 9.36 Å². The zero-order valence-electron chi connectivity index (χ0n) is 13.7. The van der Waals surface area contributed by atoms with E-state index in [1.54, 1.807) is 6.08 Å². The summed E-state index contributed by atoms with van der Waals surface area (Å²) in [6, 6.07) is 7.91. The number of hydrogen-bond donors (Lipinski definition) is 0. The summed E-state index contributed by atoms with van der Waals surface area (Å²) in [5.74, 6) is 1.22. The van der Waals surface area contributed by atoms with Crippen molar-refractivity contribution in [1.82, 2.24) is 19.7 Å². The van der Waals surface area contributed by atoms with Crippen LogP contribution in [0.1, 0.15) is 0 Å². The lowest BCUT2D eigenvalue weighted by Gasteiger charge is -2.26. The highest BCUT2D eigenvalue weighted by Gasteiger charge is 2.19. The molecule has 25 heavy (non-hydrogen) atoms. The minimum Gasteiger partial charge on any atom is -0.378 e. The fourth-order valence-corrected chi connectivity index (χ4v) is 3.65. The van der Waals surface area contributed by atoms with E-state index in [1.165, 1.54) is 11.8 Å². The number of aromatic nitrogens is 3. The van der Waals surface area contributed by atoms with E-state index in [2.05, 4.69) is 32.7 Å². The summed E-state index contributed by atoms with van der Waals surface area (Å²) in [5.41, 5.74) is 0.976. The number of hydrogen-bond acceptors (Lipinski definition) is 5. The van der Waals surface area contributed by atoms with E-state index < -0.39 is 0 Å². The zero-order chi connectivity index (χ0) is 17.6. The number of rotatable bonds is 6. The minimum atomic E-state index is 0.103. The van der Waals surface area contributed by atoms with Crippen LogP contribution >= 0.6 is 27.7 Å². The van der Waals surface area contributed by atoms with Gasteiger partial charge in [0.15, 0.2) is 11.0 Å². The van der Waals surface area contributed by atoms with E-state index in [4.69, 9.17) is 4.74 Å². The van der Waals surface area contributed by atoms with Gasteiger partial charge in [0, 0.05) is 29.7 Å². The van der Waals surface area contributed by atoms with Crippen LogP contribution < -0.4 is 0 Å². The molecular weight excluding hydrogens is 404 g/mol. The van der Waals surface area contributed by atoms with E-state index in [-0.39, 0.29) is 5.91 Å². The molecule has 2 heterocycles. The Bertz CT molecular complexity index is 742. The summed E-state index contributed by atoms with van der Waals surface area (Å²) < 4.78 is 8.27. The Morgan fingerprint density at radius 1 is 1.28 bits per heavy atom. The molecule has 3 rings (SSSR count). The summed E-state index contributed by atoms with van der Waals surface area (Å²) in [6.45, 7) is 6.93.